The molecule has 6 heteroatoms. The summed E-state index contributed by atoms with van der Waals surface area (Å²) >= 11 is 5.85. The molecule has 112 valence electrons. The van der Waals surface area contributed by atoms with E-state index in [-0.39, 0.29) is 25.2 Å². The first kappa shape index (κ1) is 16.9. The standard InChI is InChI=1S/C14H20ClNO4/c1-16(19-3)14(17)12(9-20-10-18-2)8-11-4-6-13(15)7-5-11/h4-7,12H,8-10H2,1-3H3/t12-/m0/s1. The average Bonchev–Trinajstić information content (AvgIpc) is 2.47. The van der Waals surface area contributed by atoms with Gasteiger partial charge in [0.1, 0.15) is 6.79 Å². The largest absolute Gasteiger partial charge is 0.359 e. The smallest absolute Gasteiger partial charge is 0.251 e. The topological polar surface area (TPSA) is 48.0 Å². The first-order valence-corrected chi connectivity index (χ1v) is 6.59. The number of amides is 1. The fourth-order valence-electron chi connectivity index (χ4n) is 1.74. The van der Waals surface area contributed by atoms with Gasteiger partial charge in [-0.15, -0.1) is 0 Å². The summed E-state index contributed by atoms with van der Waals surface area (Å²) in [6.45, 7) is 0.421. The maximum atomic E-state index is 12.2. The van der Waals surface area contributed by atoms with Crippen LogP contribution in [0.4, 0.5) is 0 Å². The molecule has 0 saturated heterocycles. The highest BCUT2D eigenvalue weighted by Crippen LogP contribution is 2.15. The predicted molar refractivity (Wildman–Crippen MR) is 76.3 cm³/mol. The van der Waals surface area contributed by atoms with E-state index in [2.05, 4.69) is 0 Å². The number of nitrogens with zero attached hydrogens (tertiary/aromatic N) is 1. The molecule has 1 atom stereocenters. The Morgan fingerprint density at radius 1 is 1.30 bits per heavy atom. The molecule has 0 heterocycles. The van der Waals surface area contributed by atoms with Crippen LogP contribution in [0.2, 0.25) is 5.02 Å². The Morgan fingerprint density at radius 3 is 2.50 bits per heavy atom. The number of benzene rings is 1. The van der Waals surface area contributed by atoms with E-state index in [4.69, 9.17) is 25.9 Å². The number of hydrogen-bond acceptors (Lipinski definition) is 4. The van der Waals surface area contributed by atoms with E-state index in [1.165, 1.54) is 19.3 Å². The lowest BCUT2D eigenvalue weighted by Gasteiger charge is -2.21. The van der Waals surface area contributed by atoms with Crippen LogP contribution in [-0.2, 0) is 25.5 Å². The lowest BCUT2D eigenvalue weighted by molar-refractivity contribution is -0.176. The highest BCUT2D eigenvalue weighted by Gasteiger charge is 2.23. The molecule has 1 aromatic carbocycles. The van der Waals surface area contributed by atoms with Gasteiger partial charge in [-0.25, -0.2) is 5.06 Å². The van der Waals surface area contributed by atoms with E-state index in [0.29, 0.717) is 11.4 Å². The number of methoxy groups -OCH3 is 1. The van der Waals surface area contributed by atoms with Gasteiger partial charge < -0.3 is 9.47 Å². The molecule has 1 aromatic rings. The highest BCUT2D eigenvalue weighted by molar-refractivity contribution is 6.30. The van der Waals surface area contributed by atoms with E-state index >= 15 is 0 Å². The maximum Gasteiger partial charge on any atom is 0.251 e. The Bertz CT molecular complexity index is 410. The van der Waals surface area contributed by atoms with Crippen LogP contribution in [0.3, 0.4) is 0 Å². The van der Waals surface area contributed by atoms with Gasteiger partial charge in [0, 0.05) is 19.2 Å². The molecular formula is C14H20ClNO4. The van der Waals surface area contributed by atoms with E-state index in [1.807, 2.05) is 12.1 Å². The monoisotopic (exact) mass is 301 g/mol. The predicted octanol–water partition coefficient (Wildman–Crippen LogP) is 2.14. The van der Waals surface area contributed by atoms with E-state index in [0.717, 1.165) is 5.56 Å². The number of hydrogen-bond donors (Lipinski definition) is 0. The quantitative estimate of drug-likeness (QED) is 0.419. The minimum absolute atomic E-state index is 0.140. The van der Waals surface area contributed by atoms with Crippen LogP contribution >= 0.6 is 11.6 Å². The van der Waals surface area contributed by atoms with Gasteiger partial charge in [-0.05, 0) is 24.1 Å². The van der Waals surface area contributed by atoms with Gasteiger partial charge in [0.15, 0.2) is 0 Å². The van der Waals surface area contributed by atoms with Gasteiger partial charge in [0.2, 0.25) is 0 Å². The van der Waals surface area contributed by atoms with Crippen LogP contribution in [0.5, 0.6) is 0 Å². The lowest BCUT2D eigenvalue weighted by Crippen LogP contribution is -2.35. The summed E-state index contributed by atoms with van der Waals surface area (Å²) in [7, 11) is 4.57. The molecule has 0 spiro atoms. The minimum atomic E-state index is -0.337. The summed E-state index contributed by atoms with van der Waals surface area (Å²) in [5.41, 5.74) is 1.01. The highest BCUT2D eigenvalue weighted by atomic mass is 35.5. The number of carbonyl (C=O) groups is 1. The van der Waals surface area contributed by atoms with Crippen molar-refractivity contribution < 1.29 is 19.1 Å². The van der Waals surface area contributed by atoms with Crippen LogP contribution in [0, 0.1) is 5.92 Å². The number of hydroxylamine groups is 2. The molecule has 1 amide bonds. The minimum Gasteiger partial charge on any atom is -0.359 e. The molecular weight excluding hydrogens is 282 g/mol. The number of rotatable bonds is 8. The number of halogens is 1. The first-order chi connectivity index (χ1) is 9.58. The molecule has 0 unspecified atom stereocenters. The second kappa shape index (κ2) is 8.92. The summed E-state index contributed by atoms with van der Waals surface area (Å²) in [5.74, 6) is -0.477. The third-order valence-electron chi connectivity index (χ3n) is 2.85. The van der Waals surface area contributed by atoms with Gasteiger partial charge in [-0.3, -0.25) is 9.63 Å². The lowest BCUT2D eigenvalue weighted by atomic mass is 9.99. The zero-order chi connectivity index (χ0) is 15.0. The molecule has 0 aliphatic rings. The summed E-state index contributed by atoms with van der Waals surface area (Å²) in [5, 5.41) is 1.87. The summed E-state index contributed by atoms with van der Waals surface area (Å²) < 4.78 is 10.1. The number of carbonyl (C=O) groups excluding carboxylic acids is 1. The average molecular weight is 302 g/mol. The molecule has 0 N–H and O–H groups in total. The summed E-state index contributed by atoms with van der Waals surface area (Å²) in [6, 6.07) is 7.39. The summed E-state index contributed by atoms with van der Waals surface area (Å²) in [6.07, 6.45) is 0.549. The Hall–Kier alpha value is -1.14. The molecule has 0 radical (unpaired) electrons. The Kier molecular flexibility index (Phi) is 7.54. The molecule has 0 fully saturated rings. The van der Waals surface area contributed by atoms with Crippen molar-refractivity contribution >= 4 is 17.5 Å². The van der Waals surface area contributed by atoms with Crippen LogP contribution < -0.4 is 0 Å². The molecule has 5 nitrogen and oxygen atoms in total. The normalized spacial score (nSPS) is 12.2. The van der Waals surface area contributed by atoms with Crippen LogP contribution in [0.25, 0.3) is 0 Å². The van der Waals surface area contributed by atoms with Crippen LogP contribution in [0.15, 0.2) is 24.3 Å². The molecule has 0 saturated carbocycles. The van der Waals surface area contributed by atoms with Crippen molar-refractivity contribution in [2.45, 2.75) is 6.42 Å². The third-order valence-corrected chi connectivity index (χ3v) is 3.10. The Morgan fingerprint density at radius 2 is 1.95 bits per heavy atom. The Labute approximate surface area is 124 Å². The fourth-order valence-corrected chi connectivity index (χ4v) is 1.87. The molecule has 20 heavy (non-hydrogen) atoms. The molecule has 0 aliphatic heterocycles. The van der Waals surface area contributed by atoms with E-state index in [9.17, 15) is 4.79 Å². The molecule has 0 aromatic heterocycles. The second-order valence-corrected chi connectivity index (χ2v) is 4.76. The van der Waals surface area contributed by atoms with E-state index in [1.54, 1.807) is 19.2 Å². The van der Waals surface area contributed by atoms with Gasteiger partial charge in [-0.1, -0.05) is 23.7 Å². The fraction of sp³-hybridized carbons (Fsp3) is 0.500. The van der Waals surface area contributed by atoms with Crippen molar-refractivity contribution in [1.82, 2.24) is 5.06 Å². The van der Waals surface area contributed by atoms with Crippen molar-refractivity contribution in [3.8, 4) is 0 Å². The molecule has 1 rings (SSSR count). The SMILES string of the molecule is COCOC[C@H](Cc1ccc(Cl)cc1)C(=O)N(C)OC. The van der Waals surface area contributed by atoms with Crippen molar-refractivity contribution in [2.75, 3.05) is 34.7 Å². The Balaban J connectivity index is 2.70. The zero-order valence-corrected chi connectivity index (χ0v) is 12.7. The molecule has 0 bridgehead atoms. The van der Waals surface area contributed by atoms with Crippen molar-refractivity contribution in [1.29, 1.82) is 0 Å². The zero-order valence-electron chi connectivity index (χ0n) is 12.0. The van der Waals surface area contributed by atoms with Crippen LogP contribution in [0.1, 0.15) is 5.56 Å². The number of ether oxygens (including phenoxy) is 2. The van der Waals surface area contributed by atoms with Gasteiger partial charge >= 0.3 is 0 Å². The molecule has 0 aliphatic carbocycles. The third kappa shape index (κ3) is 5.46. The first-order valence-electron chi connectivity index (χ1n) is 6.21. The second-order valence-electron chi connectivity index (χ2n) is 4.32. The van der Waals surface area contributed by atoms with E-state index < -0.39 is 0 Å². The van der Waals surface area contributed by atoms with Gasteiger partial charge in [-0.2, -0.15) is 0 Å². The van der Waals surface area contributed by atoms with Gasteiger partial charge in [0.25, 0.3) is 5.91 Å². The summed E-state index contributed by atoms with van der Waals surface area (Å²) in [4.78, 5) is 17.1. The van der Waals surface area contributed by atoms with Crippen molar-refractivity contribution in [3.63, 3.8) is 0 Å². The van der Waals surface area contributed by atoms with Crippen molar-refractivity contribution in [3.05, 3.63) is 34.9 Å². The maximum absolute atomic E-state index is 12.2. The van der Waals surface area contributed by atoms with Gasteiger partial charge in [0.05, 0.1) is 19.6 Å². The van der Waals surface area contributed by atoms with Crippen LogP contribution in [-0.4, -0.2) is 45.6 Å². The van der Waals surface area contributed by atoms with Crippen molar-refractivity contribution in [2.24, 2.45) is 5.92 Å².